The smallest absolute Gasteiger partial charge is 0.157 e. The van der Waals surface area contributed by atoms with Crippen molar-refractivity contribution in [3.63, 3.8) is 0 Å². The lowest BCUT2D eigenvalue weighted by atomic mass is 10.2. The van der Waals surface area contributed by atoms with E-state index in [1.54, 1.807) is 10.9 Å². The second-order valence-electron chi connectivity index (χ2n) is 3.37. The minimum atomic E-state index is 0.442. The van der Waals surface area contributed by atoms with Crippen LogP contribution in [0.1, 0.15) is 5.56 Å². The van der Waals surface area contributed by atoms with Crippen molar-refractivity contribution in [2.24, 2.45) is 7.05 Å². The van der Waals surface area contributed by atoms with E-state index in [0.717, 1.165) is 15.8 Å². The topological polar surface area (TPSA) is 27.1 Å². The first-order valence-electron chi connectivity index (χ1n) is 4.70. The molecule has 1 heterocycles. The van der Waals surface area contributed by atoms with Gasteiger partial charge in [-0.1, -0.05) is 33.6 Å². The summed E-state index contributed by atoms with van der Waals surface area (Å²) in [6.07, 6.45) is 3.49. The maximum absolute atomic E-state index is 6.07. The molecule has 16 heavy (non-hydrogen) atoms. The molecule has 0 saturated heterocycles. The van der Waals surface area contributed by atoms with Crippen LogP contribution in [0.3, 0.4) is 0 Å². The van der Waals surface area contributed by atoms with Crippen molar-refractivity contribution in [2.75, 3.05) is 0 Å². The zero-order valence-electron chi connectivity index (χ0n) is 8.65. The summed E-state index contributed by atoms with van der Waals surface area (Å²) in [7, 11) is 1.85. The van der Waals surface area contributed by atoms with Gasteiger partial charge in [-0.3, -0.25) is 4.68 Å². The molecule has 0 amide bonds. The third kappa shape index (κ3) is 2.77. The average molecular weight is 302 g/mol. The van der Waals surface area contributed by atoms with Crippen molar-refractivity contribution in [3.05, 3.63) is 45.7 Å². The molecule has 0 radical (unpaired) electrons. The lowest BCUT2D eigenvalue weighted by Gasteiger charge is -2.05. The van der Waals surface area contributed by atoms with Gasteiger partial charge in [0.15, 0.2) is 5.75 Å². The Bertz CT molecular complexity index is 498. The first-order chi connectivity index (χ1) is 7.65. The summed E-state index contributed by atoms with van der Waals surface area (Å²) in [6.45, 7) is 0.442. The molecule has 0 aliphatic carbocycles. The van der Waals surface area contributed by atoms with E-state index < -0.39 is 0 Å². The number of aromatic nitrogens is 2. The Kier molecular flexibility index (Phi) is 3.51. The molecule has 1 aromatic carbocycles. The summed E-state index contributed by atoms with van der Waals surface area (Å²) in [5.74, 6) is 0.737. The van der Waals surface area contributed by atoms with Crippen LogP contribution in [0.4, 0.5) is 0 Å². The monoisotopic (exact) mass is 300 g/mol. The van der Waals surface area contributed by atoms with Crippen LogP contribution in [-0.4, -0.2) is 9.78 Å². The Morgan fingerprint density at radius 1 is 1.50 bits per heavy atom. The predicted octanol–water partition coefficient (Wildman–Crippen LogP) is 3.42. The number of nitrogens with zero attached hydrogens (tertiary/aromatic N) is 2. The maximum atomic E-state index is 6.07. The fourth-order valence-electron chi connectivity index (χ4n) is 1.27. The molecule has 0 unspecified atom stereocenters. The van der Waals surface area contributed by atoms with E-state index in [2.05, 4.69) is 21.0 Å². The van der Waals surface area contributed by atoms with Crippen LogP contribution in [0, 0.1) is 0 Å². The number of hydrogen-bond donors (Lipinski definition) is 0. The second kappa shape index (κ2) is 4.89. The van der Waals surface area contributed by atoms with Crippen LogP contribution in [0.25, 0.3) is 0 Å². The van der Waals surface area contributed by atoms with Crippen LogP contribution in [0.15, 0.2) is 35.1 Å². The van der Waals surface area contributed by atoms with Crippen molar-refractivity contribution >= 4 is 27.5 Å². The van der Waals surface area contributed by atoms with Crippen molar-refractivity contribution in [1.29, 1.82) is 0 Å². The summed E-state index contributed by atoms with van der Waals surface area (Å²) in [6, 6.07) is 5.72. The Morgan fingerprint density at radius 2 is 2.31 bits per heavy atom. The molecule has 5 heteroatoms. The van der Waals surface area contributed by atoms with Gasteiger partial charge in [-0.2, -0.15) is 5.10 Å². The van der Waals surface area contributed by atoms with E-state index in [1.807, 2.05) is 31.4 Å². The van der Waals surface area contributed by atoms with Gasteiger partial charge in [-0.15, -0.1) is 0 Å². The summed E-state index contributed by atoms with van der Waals surface area (Å²) >= 11 is 9.43. The molecule has 0 spiro atoms. The molecule has 0 fully saturated rings. The third-order valence-corrected chi connectivity index (χ3v) is 2.94. The molecule has 1 aromatic heterocycles. The fourth-order valence-corrected chi connectivity index (χ4v) is 2.00. The number of hydrogen-bond acceptors (Lipinski definition) is 2. The Morgan fingerprint density at radius 3 is 2.94 bits per heavy atom. The maximum Gasteiger partial charge on any atom is 0.157 e. The molecule has 0 atom stereocenters. The van der Waals surface area contributed by atoms with Crippen LogP contribution in [0.5, 0.6) is 5.75 Å². The number of halogens is 2. The largest absolute Gasteiger partial charge is 0.486 e. The lowest BCUT2D eigenvalue weighted by Crippen LogP contribution is -1.95. The van der Waals surface area contributed by atoms with Crippen LogP contribution < -0.4 is 4.74 Å². The van der Waals surface area contributed by atoms with E-state index in [9.17, 15) is 0 Å². The van der Waals surface area contributed by atoms with Gasteiger partial charge in [0.1, 0.15) is 6.61 Å². The van der Waals surface area contributed by atoms with Gasteiger partial charge in [-0.05, 0) is 12.1 Å². The predicted molar refractivity (Wildman–Crippen MR) is 66.7 cm³/mol. The first-order valence-corrected chi connectivity index (χ1v) is 5.87. The van der Waals surface area contributed by atoms with E-state index in [4.69, 9.17) is 16.3 Å². The van der Waals surface area contributed by atoms with Crippen LogP contribution >= 0.6 is 27.5 Å². The van der Waals surface area contributed by atoms with Gasteiger partial charge in [0.05, 0.1) is 12.4 Å². The highest BCUT2D eigenvalue weighted by Crippen LogP contribution is 2.22. The van der Waals surface area contributed by atoms with Crippen molar-refractivity contribution < 1.29 is 4.74 Å². The van der Waals surface area contributed by atoms with Crippen molar-refractivity contribution in [1.82, 2.24) is 9.78 Å². The highest BCUT2D eigenvalue weighted by Gasteiger charge is 2.03. The molecule has 0 aliphatic rings. The molecule has 2 aromatic rings. The minimum absolute atomic E-state index is 0.442. The summed E-state index contributed by atoms with van der Waals surface area (Å²) < 4.78 is 8.20. The minimum Gasteiger partial charge on any atom is -0.486 e. The summed E-state index contributed by atoms with van der Waals surface area (Å²) in [5.41, 5.74) is 0.953. The molecular weight excluding hydrogens is 291 g/mol. The highest BCUT2D eigenvalue weighted by atomic mass is 79.9. The number of rotatable bonds is 3. The van der Waals surface area contributed by atoms with E-state index in [-0.39, 0.29) is 0 Å². The van der Waals surface area contributed by atoms with Gasteiger partial charge in [0, 0.05) is 22.1 Å². The number of ether oxygens (including phenoxy) is 1. The summed E-state index contributed by atoms with van der Waals surface area (Å²) in [4.78, 5) is 0. The van der Waals surface area contributed by atoms with E-state index in [1.165, 1.54) is 0 Å². The molecule has 0 bridgehead atoms. The first kappa shape index (κ1) is 11.5. The van der Waals surface area contributed by atoms with Gasteiger partial charge in [0.2, 0.25) is 0 Å². The quantitative estimate of drug-likeness (QED) is 0.868. The number of benzene rings is 1. The third-order valence-electron chi connectivity index (χ3n) is 2.09. The van der Waals surface area contributed by atoms with E-state index in [0.29, 0.717) is 11.6 Å². The van der Waals surface area contributed by atoms with Gasteiger partial charge >= 0.3 is 0 Å². The van der Waals surface area contributed by atoms with E-state index >= 15 is 0 Å². The zero-order valence-corrected chi connectivity index (χ0v) is 11.0. The van der Waals surface area contributed by atoms with Crippen LogP contribution in [-0.2, 0) is 13.7 Å². The molecule has 84 valence electrons. The normalized spacial score (nSPS) is 10.4. The molecule has 0 N–H and O–H groups in total. The lowest BCUT2D eigenvalue weighted by molar-refractivity contribution is 0.306. The molecule has 0 aliphatic heterocycles. The molecule has 2 rings (SSSR count). The van der Waals surface area contributed by atoms with Crippen LogP contribution in [0.2, 0.25) is 5.02 Å². The Hall–Kier alpha value is -1.00. The Balaban J connectivity index is 2.04. The van der Waals surface area contributed by atoms with Crippen molar-refractivity contribution in [3.8, 4) is 5.75 Å². The SMILES string of the molecule is Cn1cc(OCc2ccc(Br)cc2Cl)cn1. The summed E-state index contributed by atoms with van der Waals surface area (Å²) in [5, 5.41) is 4.71. The molecular formula is C11H10BrClN2O. The Labute approximate surface area is 107 Å². The van der Waals surface area contributed by atoms with Gasteiger partial charge < -0.3 is 4.74 Å². The van der Waals surface area contributed by atoms with Gasteiger partial charge in [0.25, 0.3) is 0 Å². The highest BCUT2D eigenvalue weighted by molar-refractivity contribution is 9.10. The second-order valence-corrected chi connectivity index (χ2v) is 4.70. The molecule has 3 nitrogen and oxygen atoms in total. The standard InChI is InChI=1S/C11H10BrClN2O/c1-15-6-10(5-14-15)16-7-8-2-3-9(12)4-11(8)13/h2-6H,7H2,1H3. The van der Waals surface area contributed by atoms with Gasteiger partial charge in [-0.25, -0.2) is 0 Å². The van der Waals surface area contributed by atoms with Crippen molar-refractivity contribution in [2.45, 2.75) is 6.61 Å². The molecule has 0 saturated carbocycles. The average Bonchev–Trinajstić information content (AvgIpc) is 2.63. The number of aryl methyl sites for hydroxylation is 1. The zero-order chi connectivity index (χ0) is 11.5. The fraction of sp³-hybridized carbons (Fsp3) is 0.182.